The highest BCUT2D eigenvalue weighted by Crippen LogP contribution is 2.13. The smallest absolute Gasteiger partial charge is 0.0364 e. The monoisotopic (exact) mass is 244 g/mol. The Kier molecular flexibility index (Phi) is 4.43. The van der Waals surface area contributed by atoms with Gasteiger partial charge < -0.3 is 22.9 Å². The molecule has 0 heterocycles. The van der Waals surface area contributed by atoms with Crippen molar-refractivity contribution in [1.29, 1.82) is 0 Å². The topological polar surface area (TPSA) is 104 Å². The Morgan fingerprint density at radius 3 is 1.61 bits per heavy atom. The molecule has 0 fully saturated rings. The van der Waals surface area contributed by atoms with Gasteiger partial charge in [-0.1, -0.05) is 6.07 Å². The maximum Gasteiger partial charge on any atom is 0.0364 e. The lowest BCUT2D eigenvalue weighted by Crippen LogP contribution is -1.91. The van der Waals surface area contributed by atoms with E-state index in [1.807, 2.05) is 38.1 Å². The van der Waals surface area contributed by atoms with Gasteiger partial charge in [-0.05, 0) is 55.3 Å². The molecule has 0 aliphatic heterocycles. The van der Waals surface area contributed by atoms with E-state index in [2.05, 4.69) is 0 Å². The molecule has 96 valence electrons. The molecule has 0 amide bonds. The molecule has 8 N–H and O–H groups in total. The number of nitrogen functional groups attached to an aromatic ring is 4. The molecule has 0 saturated carbocycles. The molecule has 0 radical (unpaired) electrons. The largest absolute Gasteiger partial charge is 0.399 e. The van der Waals surface area contributed by atoms with Crippen LogP contribution in [0.2, 0.25) is 0 Å². The van der Waals surface area contributed by atoms with Crippen molar-refractivity contribution in [3.8, 4) is 0 Å². The molecule has 2 aromatic carbocycles. The Bertz CT molecular complexity index is 486. The third-order valence-corrected chi connectivity index (χ3v) is 2.60. The van der Waals surface area contributed by atoms with Crippen LogP contribution in [0.5, 0.6) is 0 Å². The third kappa shape index (κ3) is 3.90. The maximum atomic E-state index is 5.54. The van der Waals surface area contributed by atoms with Crippen LogP contribution in [0, 0.1) is 13.8 Å². The molecule has 0 aromatic heterocycles. The van der Waals surface area contributed by atoms with Crippen LogP contribution in [0.15, 0.2) is 36.4 Å². The van der Waals surface area contributed by atoms with Gasteiger partial charge in [-0.25, -0.2) is 0 Å². The minimum absolute atomic E-state index is 0.720. The van der Waals surface area contributed by atoms with E-state index in [1.54, 1.807) is 12.1 Å². The quantitative estimate of drug-likeness (QED) is 0.534. The molecule has 0 atom stereocenters. The van der Waals surface area contributed by atoms with Gasteiger partial charge >= 0.3 is 0 Å². The van der Waals surface area contributed by atoms with Crippen molar-refractivity contribution >= 4 is 22.7 Å². The van der Waals surface area contributed by atoms with Crippen LogP contribution in [0.1, 0.15) is 11.1 Å². The number of rotatable bonds is 0. The van der Waals surface area contributed by atoms with Crippen molar-refractivity contribution in [1.82, 2.24) is 0 Å². The Balaban J connectivity index is 0.000000180. The van der Waals surface area contributed by atoms with Crippen LogP contribution < -0.4 is 22.9 Å². The van der Waals surface area contributed by atoms with Gasteiger partial charge in [0, 0.05) is 22.7 Å². The predicted octanol–water partition coefficient (Wildman–Crippen LogP) is 2.32. The molecular formula is C14H20N4. The molecule has 0 unspecified atom stereocenters. The molecule has 0 aliphatic rings. The van der Waals surface area contributed by atoms with Gasteiger partial charge in [-0.15, -0.1) is 0 Å². The van der Waals surface area contributed by atoms with Crippen molar-refractivity contribution in [3.63, 3.8) is 0 Å². The van der Waals surface area contributed by atoms with Crippen LogP contribution in [0.25, 0.3) is 0 Å². The molecule has 2 rings (SSSR count). The number of anilines is 4. The van der Waals surface area contributed by atoms with Crippen LogP contribution >= 0.6 is 0 Å². The summed E-state index contributed by atoms with van der Waals surface area (Å²) in [5.41, 5.74) is 27.1. The van der Waals surface area contributed by atoms with E-state index in [9.17, 15) is 0 Å². The van der Waals surface area contributed by atoms with Crippen LogP contribution in [0.3, 0.4) is 0 Å². The lowest BCUT2D eigenvalue weighted by molar-refractivity contribution is 1.47. The summed E-state index contributed by atoms with van der Waals surface area (Å²) in [6, 6.07) is 11.0. The summed E-state index contributed by atoms with van der Waals surface area (Å²) in [6.07, 6.45) is 0. The maximum absolute atomic E-state index is 5.54. The highest BCUT2D eigenvalue weighted by Gasteiger charge is 1.91. The van der Waals surface area contributed by atoms with Gasteiger partial charge in [0.1, 0.15) is 0 Å². The van der Waals surface area contributed by atoms with Crippen LogP contribution in [0.4, 0.5) is 22.7 Å². The van der Waals surface area contributed by atoms with E-state index in [0.717, 1.165) is 33.9 Å². The van der Waals surface area contributed by atoms with Crippen molar-refractivity contribution in [2.24, 2.45) is 0 Å². The minimum atomic E-state index is 0.720. The van der Waals surface area contributed by atoms with Gasteiger partial charge in [0.05, 0.1) is 0 Å². The van der Waals surface area contributed by atoms with E-state index >= 15 is 0 Å². The van der Waals surface area contributed by atoms with Crippen molar-refractivity contribution in [2.45, 2.75) is 13.8 Å². The van der Waals surface area contributed by atoms with Gasteiger partial charge in [0.25, 0.3) is 0 Å². The Morgan fingerprint density at radius 2 is 1.17 bits per heavy atom. The summed E-state index contributed by atoms with van der Waals surface area (Å²) in [6.45, 7) is 3.89. The van der Waals surface area contributed by atoms with E-state index < -0.39 is 0 Å². The highest BCUT2D eigenvalue weighted by molar-refractivity contribution is 5.56. The van der Waals surface area contributed by atoms with Crippen LogP contribution in [-0.4, -0.2) is 0 Å². The molecule has 0 aliphatic carbocycles. The third-order valence-electron chi connectivity index (χ3n) is 2.60. The zero-order chi connectivity index (χ0) is 13.7. The van der Waals surface area contributed by atoms with E-state index in [0.29, 0.717) is 0 Å². The first-order chi connectivity index (χ1) is 8.40. The van der Waals surface area contributed by atoms with Gasteiger partial charge in [-0.2, -0.15) is 0 Å². The molecule has 4 nitrogen and oxygen atoms in total. The molecule has 0 saturated heterocycles. The van der Waals surface area contributed by atoms with Crippen molar-refractivity contribution < 1.29 is 0 Å². The molecule has 0 bridgehead atoms. The summed E-state index contributed by atoms with van der Waals surface area (Å²) in [5, 5.41) is 0. The molecule has 18 heavy (non-hydrogen) atoms. The van der Waals surface area contributed by atoms with Crippen LogP contribution in [-0.2, 0) is 0 Å². The number of hydrogen-bond acceptors (Lipinski definition) is 4. The van der Waals surface area contributed by atoms with Crippen molar-refractivity contribution in [3.05, 3.63) is 47.5 Å². The second kappa shape index (κ2) is 5.82. The number of nitrogens with two attached hydrogens (primary N) is 4. The average molecular weight is 244 g/mol. The van der Waals surface area contributed by atoms with E-state index in [4.69, 9.17) is 22.9 Å². The van der Waals surface area contributed by atoms with E-state index in [-0.39, 0.29) is 0 Å². The summed E-state index contributed by atoms with van der Waals surface area (Å²) >= 11 is 0. The summed E-state index contributed by atoms with van der Waals surface area (Å²) in [5.74, 6) is 0. The number of benzene rings is 2. The summed E-state index contributed by atoms with van der Waals surface area (Å²) in [7, 11) is 0. The summed E-state index contributed by atoms with van der Waals surface area (Å²) in [4.78, 5) is 0. The van der Waals surface area contributed by atoms with Crippen molar-refractivity contribution in [2.75, 3.05) is 22.9 Å². The minimum Gasteiger partial charge on any atom is -0.399 e. The van der Waals surface area contributed by atoms with Gasteiger partial charge in [0.2, 0.25) is 0 Å². The Labute approximate surface area is 108 Å². The lowest BCUT2D eigenvalue weighted by atomic mass is 10.2. The fourth-order valence-corrected chi connectivity index (χ4v) is 1.36. The second-order valence-electron chi connectivity index (χ2n) is 4.23. The Morgan fingerprint density at radius 1 is 0.611 bits per heavy atom. The van der Waals surface area contributed by atoms with Gasteiger partial charge in [0.15, 0.2) is 0 Å². The fourth-order valence-electron chi connectivity index (χ4n) is 1.36. The lowest BCUT2D eigenvalue weighted by Gasteiger charge is -1.98. The van der Waals surface area contributed by atoms with Gasteiger partial charge in [-0.3, -0.25) is 0 Å². The standard InChI is InChI=1S/2C7H10N2/c1-5-4-6(8)2-3-7(5)9;1-5-2-3-6(8)4-7(5)9/h2*2-4H,8-9H2,1H3. The fraction of sp³-hybridized carbons (Fsp3) is 0.143. The second-order valence-corrected chi connectivity index (χ2v) is 4.23. The first kappa shape index (κ1) is 13.7. The summed E-state index contributed by atoms with van der Waals surface area (Å²) < 4.78 is 0. The molecule has 4 heteroatoms. The number of aryl methyl sites for hydroxylation is 2. The number of hydrogen-bond donors (Lipinski definition) is 4. The SMILES string of the molecule is Cc1cc(N)ccc1N.Cc1ccc(N)cc1N. The molecule has 2 aromatic rings. The average Bonchev–Trinajstić information content (AvgIpc) is 2.30. The first-order valence-corrected chi connectivity index (χ1v) is 5.63. The highest BCUT2D eigenvalue weighted by atomic mass is 14.6. The predicted molar refractivity (Wildman–Crippen MR) is 80.0 cm³/mol. The molecule has 0 spiro atoms. The Hall–Kier alpha value is -2.36. The normalized spacial score (nSPS) is 9.44. The zero-order valence-corrected chi connectivity index (χ0v) is 10.8. The van der Waals surface area contributed by atoms with E-state index in [1.165, 1.54) is 0 Å². The first-order valence-electron chi connectivity index (χ1n) is 5.63. The zero-order valence-electron chi connectivity index (χ0n) is 10.8. The molecular weight excluding hydrogens is 224 g/mol.